The minimum Gasteiger partial charge on any atom is -0.349 e. The second-order valence-corrected chi connectivity index (χ2v) is 8.12. The zero-order chi connectivity index (χ0) is 17.2. The van der Waals surface area contributed by atoms with E-state index in [9.17, 15) is 4.79 Å². The Labute approximate surface area is 157 Å². The predicted molar refractivity (Wildman–Crippen MR) is 105 cm³/mol. The highest BCUT2D eigenvalue weighted by Gasteiger charge is 2.33. The molecule has 140 valence electrons. The van der Waals surface area contributed by atoms with Crippen LogP contribution in [-0.2, 0) is 11.2 Å². The van der Waals surface area contributed by atoms with Gasteiger partial charge in [0, 0.05) is 25.6 Å². The number of amides is 1. The van der Waals surface area contributed by atoms with E-state index in [2.05, 4.69) is 48.3 Å². The van der Waals surface area contributed by atoms with Crippen LogP contribution in [0.3, 0.4) is 0 Å². The van der Waals surface area contributed by atoms with Gasteiger partial charge in [0.15, 0.2) is 0 Å². The highest BCUT2D eigenvalue weighted by Crippen LogP contribution is 2.30. The van der Waals surface area contributed by atoms with Crippen LogP contribution in [0.2, 0.25) is 0 Å². The minimum absolute atomic E-state index is 0. The molecule has 2 aliphatic rings. The van der Waals surface area contributed by atoms with Gasteiger partial charge < -0.3 is 16.0 Å². The van der Waals surface area contributed by atoms with Crippen LogP contribution >= 0.6 is 12.4 Å². The summed E-state index contributed by atoms with van der Waals surface area (Å²) in [5.74, 6) is 0.171. The number of piperidine rings is 1. The Kier molecular flexibility index (Phi) is 6.89. The number of nitrogens with two attached hydrogens (primary N) is 1. The van der Waals surface area contributed by atoms with E-state index in [0.717, 1.165) is 45.3 Å². The molecule has 1 fully saturated rings. The Morgan fingerprint density at radius 1 is 1.32 bits per heavy atom. The Morgan fingerprint density at radius 3 is 2.84 bits per heavy atom. The molecule has 1 amide bonds. The summed E-state index contributed by atoms with van der Waals surface area (Å²) in [6.45, 7) is 7.26. The topological polar surface area (TPSA) is 58.4 Å². The van der Waals surface area contributed by atoms with Gasteiger partial charge in [-0.05, 0) is 48.8 Å². The first-order valence-corrected chi connectivity index (χ1v) is 9.31. The van der Waals surface area contributed by atoms with E-state index in [4.69, 9.17) is 5.73 Å². The normalized spacial score (nSPS) is 25.6. The molecule has 5 heteroatoms. The smallest absolute Gasteiger partial charge is 0.221 e. The van der Waals surface area contributed by atoms with Crippen molar-refractivity contribution in [2.75, 3.05) is 19.6 Å². The molecule has 0 radical (unpaired) electrons. The van der Waals surface area contributed by atoms with Crippen LogP contribution in [0, 0.1) is 5.41 Å². The van der Waals surface area contributed by atoms with E-state index in [0.29, 0.717) is 6.42 Å². The lowest BCUT2D eigenvalue weighted by molar-refractivity contribution is -0.122. The van der Waals surface area contributed by atoms with E-state index in [-0.39, 0.29) is 35.8 Å². The van der Waals surface area contributed by atoms with Crippen LogP contribution in [0.25, 0.3) is 0 Å². The lowest BCUT2D eigenvalue weighted by atomic mass is 9.79. The number of likely N-dealkylation sites (tertiary alicyclic amines) is 1. The SMILES string of the molecule is CC1(C)CN(CCC(=O)NC2CCCc3ccccc32)CCC1N.Cl. The summed E-state index contributed by atoms with van der Waals surface area (Å²) in [5.41, 5.74) is 9.03. The quantitative estimate of drug-likeness (QED) is 0.862. The number of hydrogen-bond donors (Lipinski definition) is 2. The predicted octanol–water partition coefficient (Wildman–Crippen LogP) is 3.05. The van der Waals surface area contributed by atoms with Gasteiger partial charge in [-0.25, -0.2) is 0 Å². The summed E-state index contributed by atoms with van der Waals surface area (Å²) in [4.78, 5) is 14.8. The number of nitrogens with zero attached hydrogens (tertiary/aromatic N) is 1. The van der Waals surface area contributed by atoms with Crippen molar-refractivity contribution in [1.82, 2.24) is 10.2 Å². The third-order valence-electron chi connectivity index (χ3n) is 5.75. The maximum Gasteiger partial charge on any atom is 0.221 e. The van der Waals surface area contributed by atoms with E-state index < -0.39 is 0 Å². The molecule has 1 aliphatic carbocycles. The molecule has 1 heterocycles. The molecule has 0 bridgehead atoms. The molecule has 1 aromatic rings. The number of carbonyl (C=O) groups excluding carboxylic acids is 1. The van der Waals surface area contributed by atoms with Crippen LogP contribution in [-0.4, -0.2) is 36.5 Å². The second-order valence-electron chi connectivity index (χ2n) is 8.12. The summed E-state index contributed by atoms with van der Waals surface area (Å²) >= 11 is 0. The summed E-state index contributed by atoms with van der Waals surface area (Å²) in [5, 5.41) is 3.25. The van der Waals surface area contributed by atoms with Gasteiger partial charge in [0.1, 0.15) is 0 Å². The maximum atomic E-state index is 12.4. The number of benzene rings is 1. The Morgan fingerprint density at radius 2 is 2.08 bits per heavy atom. The first-order valence-electron chi connectivity index (χ1n) is 9.31. The zero-order valence-electron chi connectivity index (χ0n) is 15.5. The molecule has 25 heavy (non-hydrogen) atoms. The Balaban J connectivity index is 0.00000225. The van der Waals surface area contributed by atoms with Crippen molar-refractivity contribution >= 4 is 18.3 Å². The van der Waals surface area contributed by atoms with E-state index in [1.807, 2.05) is 0 Å². The third-order valence-corrected chi connectivity index (χ3v) is 5.75. The number of carbonyl (C=O) groups is 1. The van der Waals surface area contributed by atoms with Gasteiger partial charge in [0.25, 0.3) is 0 Å². The van der Waals surface area contributed by atoms with Crippen molar-refractivity contribution in [3.63, 3.8) is 0 Å². The fourth-order valence-corrected chi connectivity index (χ4v) is 4.11. The van der Waals surface area contributed by atoms with Gasteiger partial charge in [-0.1, -0.05) is 38.1 Å². The van der Waals surface area contributed by atoms with Crippen LogP contribution < -0.4 is 11.1 Å². The molecule has 1 saturated heterocycles. The molecule has 1 aliphatic heterocycles. The molecule has 3 N–H and O–H groups in total. The number of halogens is 1. The number of hydrogen-bond acceptors (Lipinski definition) is 3. The lowest BCUT2D eigenvalue weighted by Gasteiger charge is -2.42. The highest BCUT2D eigenvalue weighted by atomic mass is 35.5. The fourth-order valence-electron chi connectivity index (χ4n) is 4.11. The Hall–Kier alpha value is -1.10. The van der Waals surface area contributed by atoms with Gasteiger partial charge in [-0.3, -0.25) is 4.79 Å². The average Bonchev–Trinajstić information content (AvgIpc) is 2.56. The first-order chi connectivity index (χ1) is 11.5. The van der Waals surface area contributed by atoms with E-state index in [1.54, 1.807) is 0 Å². The van der Waals surface area contributed by atoms with Crippen LogP contribution in [0.15, 0.2) is 24.3 Å². The summed E-state index contributed by atoms with van der Waals surface area (Å²) in [6, 6.07) is 8.96. The lowest BCUT2D eigenvalue weighted by Crippen LogP contribution is -2.52. The van der Waals surface area contributed by atoms with Crippen molar-refractivity contribution in [2.24, 2.45) is 11.1 Å². The maximum absolute atomic E-state index is 12.4. The molecule has 1 aromatic carbocycles. The second kappa shape index (κ2) is 8.52. The van der Waals surface area contributed by atoms with Crippen molar-refractivity contribution < 1.29 is 4.79 Å². The summed E-state index contributed by atoms with van der Waals surface area (Å²) in [6.07, 6.45) is 4.93. The third kappa shape index (κ3) is 4.96. The average molecular weight is 366 g/mol. The molecule has 2 unspecified atom stereocenters. The number of nitrogens with one attached hydrogen (secondary N) is 1. The van der Waals surface area contributed by atoms with Crippen LogP contribution in [0.1, 0.15) is 56.7 Å². The van der Waals surface area contributed by atoms with Crippen molar-refractivity contribution in [3.8, 4) is 0 Å². The molecule has 0 spiro atoms. The van der Waals surface area contributed by atoms with Crippen molar-refractivity contribution in [1.29, 1.82) is 0 Å². The standard InChI is InChI=1S/C20H31N3O.ClH/c1-20(2)14-23(12-10-18(20)21)13-11-19(24)22-17-9-5-7-15-6-3-4-8-16(15)17;/h3-4,6,8,17-18H,5,7,9-14,21H2,1-2H3,(H,22,24);1H. The molecular formula is C20H32ClN3O. The molecule has 0 saturated carbocycles. The van der Waals surface area contributed by atoms with Crippen LogP contribution in [0.5, 0.6) is 0 Å². The molecule has 2 atom stereocenters. The fraction of sp³-hybridized carbons (Fsp3) is 0.650. The Bertz CT molecular complexity index is 590. The zero-order valence-corrected chi connectivity index (χ0v) is 16.3. The molecular weight excluding hydrogens is 334 g/mol. The monoisotopic (exact) mass is 365 g/mol. The number of fused-ring (bicyclic) bond motifs is 1. The van der Waals surface area contributed by atoms with Gasteiger partial charge in [0.2, 0.25) is 5.91 Å². The van der Waals surface area contributed by atoms with Gasteiger partial charge in [-0.15, -0.1) is 12.4 Å². The summed E-state index contributed by atoms with van der Waals surface area (Å²) in [7, 11) is 0. The largest absolute Gasteiger partial charge is 0.349 e. The van der Waals surface area contributed by atoms with Gasteiger partial charge in [0.05, 0.1) is 6.04 Å². The van der Waals surface area contributed by atoms with Crippen LogP contribution in [0.4, 0.5) is 0 Å². The highest BCUT2D eigenvalue weighted by molar-refractivity contribution is 5.85. The molecule has 0 aromatic heterocycles. The molecule has 3 rings (SSSR count). The van der Waals surface area contributed by atoms with E-state index >= 15 is 0 Å². The number of aryl methyl sites for hydroxylation is 1. The first kappa shape index (κ1) is 20.2. The minimum atomic E-state index is 0. The van der Waals surface area contributed by atoms with Gasteiger partial charge in [-0.2, -0.15) is 0 Å². The number of rotatable bonds is 4. The van der Waals surface area contributed by atoms with Crippen molar-refractivity contribution in [2.45, 2.75) is 58.0 Å². The van der Waals surface area contributed by atoms with E-state index in [1.165, 1.54) is 11.1 Å². The van der Waals surface area contributed by atoms with Crippen molar-refractivity contribution in [3.05, 3.63) is 35.4 Å². The molecule has 4 nitrogen and oxygen atoms in total. The summed E-state index contributed by atoms with van der Waals surface area (Å²) < 4.78 is 0. The van der Waals surface area contributed by atoms with Gasteiger partial charge >= 0.3 is 0 Å².